The minimum absolute atomic E-state index is 0.218. The standard InChI is InChI=1S/C12H14Cl3N5O/c1-7-9(14)11(15)20(17-7)5-3-4-16-12(21)10-8(13)6-19(2)18-10/h6H,3-5H2,1-2H3,(H,16,21). The van der Waals surface area contributed by atoms with Crippen LogP contribution in [0.2, 0.25) is 15.2 Å². The van der Waals surface area contributed by atoms with Gasteiger partial charge in [-0.15, -0.1) is 0 Å². The lowest BCUT2D eigenvalue weighted by Crippen LogP contribution is -2.26. The molecule has 0 aromatic carbocycles. The summed E-state index contributed by atoms with van der Waals surface area (Å²) in [4.78, 5) is 11.9. The molecule has 0 radical (unpaired) electrons. The monoisotopic (exact) mass is 349 g/mol. The summed E-state index contributed by atoms with van der Waals surface area (Å²) in [6, 6.07) is 0. The molecule has 0 saturated carbocycles. The van der Waals surface area contributed by atoms with E-state index in [1.165, 1.54) is 4.68 Å². The van der Waals surface area contributed by atoms with Gasteiger partial charge in [0, 0.05) is 26.3 Å². The Morgan fingerprint density at radius 1 is 1.33 bits per heavy atom. The minimum Gasteiger partial charge on any atom is -0.351 e. The van der Waals surface area contributed by atoms with Gasteiger partial charge in [0.1, 0.15) is 10.2 Å². The second-order valence-corrected chi connectivity index (χ2v) is 5.67. The molecule has 114 valence electrons. The number of carbonyl (C=O) groups excluding carboxylic acids is 1. The van der Waals surface area contributed by atoms with E-state index < -0.39 is 0 Å². The highest BCUT2D eigenvalue weighted by Crippen LogP contribution is 2.24. The van der Waals surface area contributed by atoms with Crippen LogP contribution in [0.5, 0.6) is 0 Å². The first-order valence-electron chi connectivity index (χ1n) is 6.26. The summed E-state index contributed by atoms with van der Waals surface area (Å²) in [6.45, 7) is 2.80. The maximum absolute atomic E-state index is 11.9. The Labute approximate surface area is 137 Å². The fraction of sp³-hybridized carbons (Fsp3) is 0.417. The normalized spacial score (nSPS) is 10.9. The van der Waals surface area contributed by atoms with Crippen molar-refractivity contribution in [3.05, 3.63) is 32.8 Å². The van der Waals surface area contributed by atoms with E-state index in [4.69, 9.17) is 34.8 Å². The molecule has 0 atom stereocenters. The van der Waals surface area contributed by atoms with Gasteiger partial charge in [0.05, 0.1) is 10.7 Å². The van der Waals surface area contributed by atoms with E-state index in [9.17, 15) is 4.79 Å². The van der Waals surface area contributed by atoms with Crippen molar-refractivity contribution >= 4 is 40.7 Å². The molecule has 0 aliphatic heterocycles. The van der Waals surface area contributed by atoms with Crippen molar-refractivity contribution in [2.75, 3.05) is 6.54 Å². The van der Waals surface area contributed by atoms with Crippen LogP contribution in [0, 0.1) is 6.92 Å². The summed E-state index contributed by atoms with van der Waals surface area (Å²) in [5.41, 5.74) is 0.904. The molecule has 0 saturated heterocycles. The molecular formula is C12H14Cl3N5O. The fourth-order valence-corrected chi connectivity index (χ4v) is 2.47. The van der Waals surface area contributed by atoms with Gasteiger partial charge >= 0.3 is 0 Å². The van der Waals surface area contributed by atoms with Crippen molar-refractivity contribution in [2.45, 2.75) is 19.9 Å². The molecule has 1 amide bonds. The van der Waals surface area contributed by atoms with E-state index in [1.54, 1.807) is 24.9 Å². The molecule has 0 bridgehead atoms. The second-order valence-electron chi connectivity index (χ2n) is 4.52. The van der Waals surface area contributed by atoms with Crippen molar-refractivity contribution in [1.29, 1.82) is 0 Å². The third-order valence-corrected chi connectivity index (χ3v) is 4.04. The number of hydrogen-bond donors (Lipinski definition) is 1. The average Bonchev–Trinajstić information content (AvgIpc) is 2.89. The molecule has 0 fully saturated rings. The zero-order chi connectivity index (χ0) is 15.6. The van der Waals surface area contributed by atoms with E-state index in [0.29, 0.717) is 40.4 Å². The molecule has 2 rings (SSSR count). The molecule has 0 unspecified atom stereocenters. The summed E-state index contributed by atoms with van der Waals surface area (Å²) in [5.74, 6) is -0.304. The van der Waals surface area contributed by atoms with Crippen LogP contribution in [0.4, 0.5) is 0 Å². The minimum atomic E-state index is -0.304. The number of aromatic nitrogens is 4. The highest BCUT2D eigenvalue weighted by Gasteiger charge is 2.14. The Hall–Kier alpha value is -1.24. The molecular weight excluding hydrogens is 337 g/mol. The van der Waals surface area contributed by atoms with Gasteiger partial charge in [-0.05, 0) is 13.3 Å². The number of amides is 1. The molecule has 2 aromatic heterocycles. The highest BCUT2D eigenvalue weighted by molar-refractivity contribution is 6.41. The van der Waals surface area contributed by atoms with E-state index in [-0.39, 0.29) is 11.6 Å². The molecule has 6 nitrogen and oxygen atoms in total. The van der Waals surface area contributed by atoms with Crippen LogP contribution in [-0.4, -0.2) is 32.0 Å². The quantitative estimate of drug-likeness (QED) is 0.843. The van der Waals surface area contributed by atoms with Crippen molar-refractivity contribution < 1.29 is 4.79 Å². The number of carbonyl (C=O) groups is 1. The number of nitrogens with one attached hydrogen (secondary N) is 1. The Morgan fingerprint density at radius 2 is 2.05 bits per heavy atom. The molecule has 21 heavy (non-hydrogen) atoms. The first-order valence-corrected chi connectivity index (χ1v) is 7.39. The van der Waals surface area contributed by atoms with Gasteiger partial charge in [-0.2, -0.15) is 10.2 Å². The Kier molecular flexibility index (Phi) is 5.13. The van der Waals surface area contributed by atoms with Gasteiger partial charge in [0.2, 0.25) is 0 Å². The zero-order valence-electron chi connectivity index (χ0n) is 11.5. The molecule has 0 aliphatic rings. The van der Waals surface area contributed by atoms with Crippen molar-refractivity contribution in [3.63, 3.8) is 0 Å². The molecule has 2 aromatic rings. The number of nitrogens with zero attached hydrogens (tertiary/aromatic N) is 4. The summed E-state index contributed by atoms with van der Waals surface area (Å²) in [5, 5.41) is 12.1. The highest BCUT2D eigenvalue weighted by atomic mass is 35.5. The SMILES string of the molecule is Cc1nn(CCCNC(=O)c2nn(C)cc2Cl)c(Cl)c1Cl. The van der Waals surface area contributed by atoms with E-state index in [2.05, 4.69) is 15.5 Å². The summed E-state index contributed by atoms with van der Waals surface area (Å²) in [6.07, 6.45) is 2.23. The lowest BCUT2D eigenvalue weighted by molar-refractivity contribution is 0.0947. The van der Waals surface area contributed by atoms with Crippen LogP contribution in [0.15, 0.2) is 6.20 Å². The number of aryl methyl sites for hydroxylation is 3. The van der Waals surface area contributed by atoms with Crippen molar-refractivity contribution in [1.82, 2.24) is 24.9 Å². The summed E-state index contributed by atoms with van der Waals surface area (Å²) < 4.78 is 3.10. The number of hydrogen-bond acceptors (Lipinski definition) is 3. The molecule has 9 heteroatoms. The lowest BCUT2D eigenvalue weighted by atomic mass is 10.3. The van der Waals surface area contributed by atoms with E-state index >= 15 is 0 Å². The Bertz CT molecular complexity index is 664. The molecule has 0 aliphatic carbocycles. The van der Waals surface area contributed by atoms with Crippen LogP contribution in [0.1, 0.15) is 22.6 Å². The number of rotatable bonds is 5. The van der Waals surface area contributed by atoms with Gasteiger partial charge in [-0.25, -0.2) is 0 Å². The molecule has 1 N–H and O–H groups in total. The van der Waals surface area contributed by atoms with Gasteiger partial charge in [-0.1, -0.05) is 34.8 Å². The molecule has 2 heterocycles. The average molecular weight is 351 g/mol. The zero-order valence-corrected chi connectivity index (χ0v) is 13.8. The Morgan fingerprint density at radius 3 is 2.57 bits per heavy atom. The third kappa shape index (κ3) is 3.70. The van der Waals surface area contributed by atoms with Crippen LogP contribution >= 0.6 is 34.8 Å². The summed E-state index contributed by atoms with van der Waals surface area (Å²) >= 11 is 17.9. The molecule has 0 spiro atoms. The van der Waals surface area contributed by atoms with Gasteiger partial charge in [0.25, 0.3) is 5.91 Å². The van der Waals surface area contributed by atoms with Gasteiger partial charge in [-0.3, -0.25) is 14.2 Å². The van der Waals surface area contributed by atoms with Crippen LogP contribution in [0.3, 0.4) is 0 Å². The predicted octanol–water partition coefficient (Wildman–Crippen LogP) is 2.71. The topological polar surface area (TPSA) is 64.7 Å². The van der Waals surface area contributed by atoms with Gasteiger partial charge in [0.15, 0.2) is 5.69 Å². The van der Waals surface area contributed by atoms with Gasteiger partial charge < -0.3 is 5.32 Å². The van der Waals surface area contributed by atoms with Crippen molar-refractivity contribution in [3.8, 4) is 0 Å². The van der Waals surface area contributed by atoms with Crippen molar-refractivity contribution in [2.24, 2.45) is 7.05 Å². The fourth-order valence-electron chi connectivity index (χ4n) is 1.81. The summed E-state index contributed by atoms with van der Waals surface area (Å²) in [7, 11) is 1.70. The maximum atomic E-state index is 11.9. The Balaban J connectivity index is 1.83. The second kappa shape index (κ2) is 6.68. The smallest absolute Gasteiger partial charge is 0.273 e. The largest absolute Gasteiger partial charge is 0.351 e. The number of halogens is 3. The lowest BCUT2D eigenvalue weighted by Gasteiger charge is -2.05. The van der Waals surface area contributed by atoms with Crippen LogP contribution in [-0.2, 0) is 13.6 Å². The van der Waals surface area contributed by atoms with Crippen LogP contribution in [0.25, 0.3) is 0 Å². The predicted molar refractivity (Wildman–Crippen MR) is 82.2 cm³/mol. The van der Waals surface area contributed by atoms with Crippen LogP contribution < -0.4 is 5.32 Å². The third-order valence-electron chi connectivity index (χ3n) is 2.83. The van der Waals surface area contributed by atoms with E-state index in [1.807, 2.05) is 0 Å². The van der Waals surface area contributed by atoms with E-state index in [0.717, 1.165) is 0 Å². The first-order chi connectivity index (χ1) is 9.90. The maximum Gasteiger partial charge on any atom is 0.273 e. The first kappa shape index (κ1) is 16.1.